The van der Waals surface area contributed by atoms with E-state index < -0.39 is 11.6 Å². The van der Waals surface area contributed by atoms with Crippen LogP contribution < -0.4 is 5.32 Å². The lowest BCUT2D eigenvalue weighted by atomic mass is 9.92. The van der Waals surface area contributed by atoms with Crippen molar-refractivity contribution in [3.05, 3.63) is 34.9 Å². The molecule has 0 aromatic heterocycles. The number of piperazine rings is 1. The molecule has 0 unspecified atom stereocenters. The number of hydrogen-bond acceptors (Lipinski definition) is 5. The number of nitrogens with zero attached hydrogens (tertiary/aromatic N) is 3. The maximum Gasteiger partial charge on any atom is 0.326 e. The minimum absolute atomic E-state index is 0.0486. The zero-order valence-corrected chi connectivity index (χ0v) is 17.2. The molecule has 3 aliphatic rings. The number of urea groups is 1. The summed E-state index contributed by atoms with van der Waals surface area (Å²) in [5.74, 6) is -0.241. The molecule has 4 amide bonds. The summed E-state index contributed by atoms with van der Waals surface area (Å²) in [7, 11) is 0. The Hall–Kier alpha value is -2.16. The van der Waals surface area contributed by atoms with Crippen molar-refractivity contribution in [1.29, 1.82) is 0 Å². The average molecular weight is 421 g/mol. The number of ether oxygens (including phenoxy) is 1. The third kappa shape index (κ3) is 3.84. The van der Waals surface area contributed by atoms with Crippen LogP contribution in [0, 0.1) is 0 Å². The lowest BCUT2D eigenvalue weighted by molar-refractivity contribution is -0.143. The summed E-state index contributed by atoms with van der Waals surface area (Å²) in [6.07, 6.45) is 1.40. The SMILES string of the molecule is C[C@@]1(c2ccc(Cl)cc2)NC(=O)N(CN2CCN(C(=O)[C@H]3CCCO3)CC2)C1=O. The van der Waals surface area contributed by atoms with Gasteiger partial charge in [-0.3, -0.25) is 14.5 Å². The summed E-state index contributed by atoms with van der Waals surface area (Å²) in [6.45, 7) is 4.90. The van der Waals surface area contributed by atoms with Crippen molar-refractivity contribution in [2.24, 2.45) is 0 Å². The Morgan fingerprint density at radius 2 is 1.90 bits per heavy atom. The smallest absolute Gasteiger partial charge is 0.326 e. The van der Waals surface area contributed by atoms with Crippen LogP contribution in [-0.4, -0.2) is 78.1 Å². The van der Waals surface area contributed by atoms with E-state index in [9.17, 15) is 14.4 Å². The van der Waals surface area contributed by atoms with E-state index >= 15 is 0 Å². The number of halogens is 1. The molecular weight excluding hydrogens is 396 g/mol. The van der Waals surface area contributed by atoms with E-state index in [1.807, 2.05) is 9.80 Å². The van der Waals surface area contributed by atoms with Gasteiger partial charge in [-0.2, -0.15) is 0 Å². The van der Waals surface area contributed by atoms with Gasteiger partial charge < -0.3 is 15.0 Å². The van der Waals surface area contributed by atoms with Gasteiger partial charge in [0.25, 0.3) is 11.8 Å². The summed E-state index contributed by atoms with van der Waals surface area (Å²) < 4.78 is 5.48. The molecule has 3 heterocycles. The van der Waals surface area contributed by atoms with Gasteiger partial charge in [-0.15, -0.1) is 0 Å². The Balaban J connectivity index is 1.36. The Kier molecular flexibility index (Phi) is 5.50. The standard InChI is InChI=1S/C20H25ClN4O4/c1-20(14-4-6-15(21)7-5-14)18(27)25(19(28)22-20)13-23-8-10-24(11-9-23)17(26)16-3-2-12-29-16/h4-7,16H,2-3,8-13H2,1H3,(H,22,28)/t16-,20+/m1/s1. The Bertz CT molecular complexity index is 803. The van der Waals surface area contributed by atoms with Crippen molar-refractivity contribution in [3.63, 3.8) is 0 Å². The molecule has 0 aliphatic carbocycles. The quantitative estimate of drug-likeness (QED) is 0.744. The summed E-state index contributed by atoms with van der Waals surface area (Å²) >= 11 is 5.94. The highest BCUT2D eigenvalue weighted by molar-refractivity contribution is 6.30. The first kappa shape index (κ1) is 20.1. The predicted molar refractivity (Wildman–Crippen MR) is 106 cm³/mol. The number of nitrogens with one attached hydrogen (secondary N) is 1. The van der Waals surface area contributed by atoms with Gasteiger partial charge in [0.15, 0.2) is 0 Å². The predicted octanol–water partition coefficient (Wildman–Crippen LogP) is 1.39. The highest BCUT2D eigenvalue weighted by Gasteiger charge is 2.49. The van der Waals surface area contributed by atoms with Gasteiger partial charge in [-0.25, -0.2) is 9.69 Å². The Morgan fingerprint density at radius 1 is 1.21 bits per heavy atom. The highest BCUT2D eigenvalue weighted by atomic mass is 35.5. The number of carbonyl (C=O) groups excluding carboxylic acids is 3. The minimum Gasteiger partial charge on any atom is -0.368 e. The van der Waals surface area contributed by atoms with Crippen LogP contribution in [0.4, 0.5) is 4.79 Å². The normalized spacial score (nSPS) is 28.1. The summed E-state index contributed by atoms with van der Waals surface area (Å²) in [5.41, 5.74) is -0.422. The number of amides is 4. The van der Waals surface area contributed by atoms with E-state index in [2.05, 4.69) is 5.32 Å². The molecule has 4 rings (SSSR count). The van der Waals surface area contributed by atoms with Crippen LogP contribution in [0.5, 0.6) is 0 Å². The van der Waals surface area contributed by atoms with Gasteiger partial charge >= 0.3 is 6.03 Å². The van der Waals surface area contributed by atoms with Gasteiger partial charge in [0, 0.05) is 37.8 Å². The van der Waals surface area contributed by atoms with Crippen LogP contribution in [0.2, 0.25) is 5.02 Å². The van der Waals surface area contributed by atoms with Gasteiger partial charge in [0.2, 0.25) is 0 Å². The molecule has 9 heteroatoms. The molecule has 1 aromatic carbocycles. The highest BCUT2D eigenvalue weighted by Crippen LogP contribution is 2.30. The summed E-state index contributed by atoms with van der Waals surface area (Å²) in [4.78, 5) is 43.1. The van der Waals surface area contributed by atoms with E-state index in [-0.39, 0.29) is 24.6 Å². The number of carbonyl (C=O) groups is 3. The topological polar surface area (TPSA) is 82.2 Å². The molecule has 0 radical (unpaired) electrons. The first-order valence-corrected chi connectivity index (χ1v) is 10.3. The van der Waals surface area contributed by atoms with Crippen molar-refractivity contribution in [1.82, 2.24) is 20.0 Å². The van der Waals surface area contributed by atoms with Crippen molar-refractivity contribution in [3.8, 4) is 0 Å². The number of imide groups is 1. The lowest BCUT2D eigenvalue weighted by Crippen LogP contribution is -2.54. The third-order valence-electron chi connectivity index (χ3n) is 5.93. The lowest BCUT2D eigenvalue weighted by Gasteiger charge is -2.36. The van der Waals surface area contributed by atoms with Crippen molar-refractivity contribution >= 4 is 29.4 Å². The summed E-state index contributed by atoms with van der Waals surface area (Å²) in [6, 6.07) is 6.49. The fraction of sp³-hybridized carbons (Fsp3) is 0.550. The molecule has 29 heavy (non-hydrogen) atoms. The summed E-state index contributed by atoms with van der Waals surface area (Å²) in [5, 5.41) is 3.38. The van der Waals surface area contributed by atoms with E-state index in [1.165, 1.54) is 4.90 Å². The van der Waals surface area contributed by atoms with Gasteiger partial charge in [0.05, 0.1) is 6.67 Å². The molecule has 1 aromatic rings. The van der Waals surface area contributed by atoms with E-state index in [0.717, 1.165) is 12.8 Å². The second-order valence-corrected chi connectivity index (χ2v) is 8.32. The number of benzene rings is 1. The number of rotatable bonds is 4. The fourth-order valence-electron chi connectivity index (χ4n) is 4.09. The largest absolute Gasteiger partial charge is 0.368 e. The maximum absolute atomic E-state index is 13.0. The Morgan fingerprint density at radius 3 is 2.52 bits per heavy atom. The second kappa shape index (κ2) is 7.93. The third-order valence-corrected chi connectivity index (χ3v) is 6.18. The Labute approximate surface area is 174 Å². The number of hydrogen-bond donors (Lipinski definition) is 1. The first-order chi connectivity index (χ1) is 13.9. The maximum atomic E-state index is 13.0. The average Bonchev–Trinajstić information content (AvgIpc) is 3.32. The van der Waals surface area contributed by atoms with Crippen LogP contribution in [0.15, 0.2) is 24.3 Å². The molecule has 3 fully saturated rings. The van der Waals surface area contributed by atoms with Crippen LogP contribution in [-0.2, 0) is 19.9 Å². The van der Waals surface area contributed by atoms with Crippen molar-refractivity contribution < 1.29 is 19.1 Å². The van der Waals surface area contributed by atoms with Crippen LogP contribution in [0.1, 0.15) is 25.3 Å². The van der Waals surface area contributed by atoms with Crippen LogP contribution >= 0.6 is 11.6 Å². The molecule has 1 N–H and O–H groups in total. The van der Waals surface area contributed by atoms with Crippen LogP contribution in [0.25, 0.3) is 0 Å². The molecule has 156 valence electrons. The molecule has 2 atom stereocenters. The second-order valence-electron chi connectivity index (χ2n) is 7.88. The minimum atomic E-state index is -1.11. The van der Waals surface area contributed by atoms with Gasteiger partial charge in [-0.1, -0.05) is 23.7 Å². The van der Waals surface area contributed by atoms with E-state index in [0.29, 0.717) is 43.4 Å². The molecule has 0 spiro atoms. The van der Waals surface area contributed by atoms with E-state index in [4.69, 9.17) is 16.3 Å². The molecular formula is C20H25ClN4O4. The van der Waals surface area contributed by atoms with Gasteiger partial charge in [0.1, 0.15) is 11.6 Å². The van der Waals surface area contributed by atoms with Crippen LogP contribution in [0.3, 0.4) is 0 Å². The molecule has 0 bridgehead atoms. The molecule has 3 aliphatic heterocycles. The van der Waals surface area contributed by atoms with Gasteiger partial charge in [-0.05, 0) is 37.5 Å². The molecule has 0 saturated carbocycles. The zero-order valence-electron chi connectivity index (χ0n) is 16.4. The monoisotopic (exact) mass is 420 g/mol. The molecule has 8 nitrogen and oxygen atoms in total. The zero-order chi connectivity index (χ0) is 20.6. The first-order valence-electron chi connectivity index (χ1n) is 9.91. The van der Waals surface area contributed by atoms with E-state index in [1.54, 1.807) is 31.2 Å². The molecule has 3 saturated heterocycles. The fourth-order valence-corrected chi connectivity index (χ4v) is 4.22. The van der Waals surface area contributed by atoms with Crippen molar-refractivity contribution in [2.75, 3.05) is 39.5 Å². The van der Waals surface area contributed by atoms with Crippen molar-refractivity contribution in [2.45, 2.75) is 31.4 Å².